The van der Waals surface area contributed by atoms with Crippen LogP contribution < -0.4 is 4.90 Å². The van der Waals surface area contributed by atoms with Crippen molar-refractivity contribution in [2.24, 2.45) is 23.7 Å². The van der Waals surface area contributed by atoms with Crippen molar-refractivity contribution in [3.63, 3.8) is 0 Å². The van der Waals surface area contributed by atoms with E-state index in [-0.39, 0.29) is 35.5 Å². The Morgan fingerprint density at radius 2 is 1.69 bits per heavy atom. The number of benzene rings is 1. The molecule has 2 aliphatic carbocycles. The smallest absolute Gasteiger partial charge is 0.240 e. The summed E-state index contributed by atoms with van der Waals surface area (Å²) in [6, 6.07) is 8.42. The number of thiazole rings is 1. The van der Waals surface area contributed by atoms with Gasteiger partial charge in [0.15, 0.2) is 5.13 Å². The zero-order valence-electron chi connectivity index (χ0n) is 17.1. The number of carbonyl (C=O) groups is 2. The van der Waals surface area contributed by atoms with Gasteiger partial charge in [-0.15, -0.1) is 11.3 Å². The van der Waals surface area contributed by atoms with E-state index in [9.17, 15) is 9.59 Å². The van der Waals surface area contributed by atoms with Gasteiger partial charge in [0.2, 0.25) is 11.8 Å². The highest BCUT2D eigenvalue weighted by Gasteiger charge is 2.64. The molecule has 3 fully saturated rings. The summed E-state index contributed by atoms with van der Waals surface area (Å²) in [6.45, 7) is 6.41. The number of aryl methyl sites for hydroxylation is 1. The molecule has 4 atom stereocenters. The molecule has 2 bridgehead atoms. The standard InChI is InChI=1S/C24H26N2O2S/c1-4-5-14-6-8-15(9-7-14)18-12-29-24(25-18)26-22(27)20-16-10-11-17(19(16)13(2)3)21(20)23(26)28/h6-9,12,16-17,20-21H,4-5,10-11H2,1-3H3/t16-,17+,20-,21+. The topological polar surface area (TPSA) is 50.3 Å². The Morgan fingerprint density at radius 3 is 2.24 bits per heavy atom. The van der Waals surface area contributed by atoms with E-state index >= 15 is 0 Å². The van der Waals surface area contributed by atoms with Gasteiger partial charge in [-0.1, -0.05) is 48.8 Å². The number of nitrogens with zero attached hydrogens (tertiary/aromatic N) is 2. The number of imide groups is 1. The molecule has 5 rings (SSSR count). The van der Waals surface area contributed by atoms with Crippen LogP contribution >= 0.6 is 11.3 Å². The molecule has 0 unspecified atom stereocenters. The molecular weight excluding hydrogens is 380 g/mol. The molecule has 150 valence electrons. The Balaban J connectivity index is 1.43. The predicted molar refractivity (Wildman–Crippen MR) is 116 cm³/mol. The quantitative estimate of drug-likeness (QED) is 0.515. The average molecular weight is 407 g/mol. The van der Waals surface area contributed by atoms with Crippen LogP contribution in [0.15, 0.2) is 40.8 Å². The van der Waals surface area contributed by atoms with E-state index in [1.165, 1.54) is 32.9 Å². The molecule has 1 aromatic carbocycles. The highest BCUT2D eigenvalue weighted by atomic mass is 32.1. The summed E-state index contributed by atoms with van der Waals surface area (Å²) in [5, 5.41) is 2.48. The first-order chi connectivity index (χ1) is 14.0. The van der Waals surface area contributed by atoms with Crippen LogP contribution in [0.1, 0.15) is 45.6 Å². The molecule has 2 aromatic rings. The van der Waals surface area contributed by atoms with Crippen LogP contribution in [0.25, 0.3) is 11.3 Å². The monoisotopic (exact) mass is 406 g/mol. The summed E-state index contributed by atoms with van der Waals surface area (Å²) in [5.74, 6) is 0.0814. The van der Waals surface area contributed by atoms with Gasteiger partial charge in [-0.05, 0) is 50.5 Å². The molecule has 0 radical (unpaired) electrons. The number of carbonyl (C=O) groups excluding carboxylic acids is 2. The van der Waals surface area contributed by atoms with E-state index in [0.29, 0.717) is 5.13 Å². The van der Waals surface area contributed by atoms with Crippen LogP contribution in [-0.4, -0.2) is 16.8 Å². The molecule has 0 spiro atoms. The fraction of sp³-hybridized carbons (Fsp3) is 0.458. The molecule has 1 aliphatic heterocycles. The Labute approximate surface area is 175 Å². The van der Waals surface area contributed by atoms with Gasteiger partial charge in [-0.3, -0.25) is 9.59 Å². The molecule has 2 amide bonds. The van der Waals surface area contributed by atoms with Gasteiger partial charge in [0, 0.05) is 10.9 Å². The summed E-state index contributed by atoms with van der Waals surface area (Å²) >= 11 is 1.39. The fourth-order valence-corrected chi connectivity index (χ4v) is 6.65. The minimum Gasteiger partial charge on any atom is -0.274 e. The highest BCUT2D eigenvalue weighted by molar-refractivity contribution is 7.14. The number of allylic oxidation sites excluding steroid dienone is 2. The van der Waals surface area contributed by atoms with E-state index in [1.54, 1.807) is 0 Å². The van der Waals surface area contributed by atoms with Crippen LogP contribution in [0.2, 0.25) is 0 Å². The Kier molecular flexibility index (Phi) is 4.46. The van der Waals surface area contributed by atoms with Crippen molar-refractivity contribution < 1.29 is 9.59 Å². The minimum atomic E-state index is -0.174. The molecule has 2 heterocycles. The van der Waals surface area contributed by atoms with Gasteiger partial charge in [0.1, 0.15) is 0 Å². The first-order valence-corrected chi connectivity index (χ1v) is 11.5. The number of hydrogen-bond acceptors (Lipinski definition) is 4. The summed E-state index contributed by atoms with van der Waals surface area (Å²) in [4.78, 5) is 32.6. The van der Waals surface area contributed by atoms with Crippen LogP contribution in [0.4, 0.5) is 5.13 Å². The van der Waals surface area contributed by atoms with Crippen molar-refractivity contribution in [3.05, 3.63) is 46.4 Å². The summed E-state index contributed by atoms with van der Waals surface area (Å²) < 4.78 is 0. The number of fused-ring (bicyclic) bond motifs is 5. The second-order valence-corrected chi connectivity index (χ2v) is 9.61. The van der Waals surface area contributed by atoms with E-state index in [0.717, 1.165) is 36.9 Å². The number of anilines is 1. The number of amides is 2. The molecule has 0 N–H and O–H groups in total. The second-order valence-electron chi connectivity index (χ2n) is 8.77. The van der Waals surface area contributed by atoms with Crippen molar-refractivity contribution in [1.82, 2.24) is 4.98 Å². The summed E-state index contributed by atoms with van der Waals surface area (Å²) in [7, 11) is 0. The first-order valence-electron chi connectivity index (χ1n) is 10.6. The van der Waals surface area contributed by atoms with Crippen molar-refractivity contribution in [3.8, 4) is 11.3 Å². The van der Waals surface area contributed by atoms with Gasteiger partial charge in [0.05, 0.1) is 17.5 Å². The van der Waals surface area contributed by atoms with Gasteiger partial charge in [-0.25, -0.2) is 9.88 Å². The average Bonchev–Trinajstić information content (AvgIpc) is 3.45. The number of aromatic nitrogens is 1. The Bertz CT molecular complexity index is 984. The first kappa shape index (κ1) is 18.7. The largest absolute Gasteiger partial charge is 0.274 e. The van der Waals surface area contributed by atoms with E-state index < -0.39 is 0 Å². The SMILES string of the molecule is CCCc1ccc(-c2csc(N3C(=O)[C@@H]4[C@H](C3=O)[C@@H]3CC[C@H]4C3=C(C)C)n2)cc1. The number of hydrogen-bond donors (Lipinski definition) is 0. The Morgan fingerprint density at radius 1 is 1.07 bits per heavy atom. The lowest BCUT2D eigenvalue weighted by atomic mass is 9.81. The van der Waals surface area contributed by atoms with Crippen LogP contribution in [0.3, 0.4) is 0 Å². The molecule has 3 aliphatic rings. The minimum absolute atomic E-state index is 0.0369. The molecule has 4 nitrogen and oxygen atoms in total. The van der Waals surface area contributed by atoms with Crippen molar-refractivity contribution in [1.29, 1.82) is 0 Å². The zero-order valence-corrected chi connectivity index (χ0v) is 18.0. The third-order valence-corrected chi connectivity index (χ3v) is 7.73. The van der Waals surface area contributed by atoms with Gasteiger partial charge >= 0.3 is 0 Å². The Hall–Kier alpha value is -2.27. The van der Waals surface area contributed by atoms with Crippen molar-refractivity contribution in [2.75, 3.05) is 4.90 Å². The van der Waals surface area contributed by atoms with Crippen LogP contribution in [0.5, 0.6) is 0 Å². The van der Waals surface area contributed by atoms with Crippen LogP contribution in [-0.2, 0) is 16.0 Å². The summed E-state index contributed by atoms with van der Waals surface area (Å²) in [6.07, 6.45) is 4.26. The molecule has 2 saturated carbocycles. The second kappa shape index (κ2) is 6.91. The zero-order chi connectivity index (χ0) is 20.3. The lowest BCUT2D eigenvalue weighted by molar-refractivity contribution is -0.123. The molecule has 1 aromatic heterocycles. The molecular formula is C24H26N2O2S. The fourth-order valence-electron chi connectivity index (χ4n) is 5.81. The molecule has 1 saturated heterocycles. The third-order valence-electron chi connectivity index (χ3n) is 6.90. The molecule has 29 heavy (non-hydrogen) atoms. The maximum atomic E-state index is 13.3. The third kappa shape index (κ3) is 2.74. The van der Waals surface area contributed by atoms with Crippen molar-refractivity contribution in [2.45, 2.75) is 46.5 Å². The van der Waals surface area contributed by atoms with Gasteiger partial charge in [0.25, 0.3) is 0 Å². The van der Waals surface area contributed by atoms with E-state index in [4.69, 9.17) is 0 Å². The van der Waals surface area contributed by atoms with Gasteiger partial charge in [-0.2, -0.15) is 0 Å². The number of rotatable bonds is 4. The lowest BCUT2D eigenvalue weighted by Gasteiger charge is -2.18. The highest BCUT2D eigenvalue weighted by Crippen LogP contribution is 2.60. The van der Waals surface area contributed by atoms with E-state index in [2.05, 4.69) is 50.0 Å². The maximum absolute atomic E-state index is 13.3. The lowest BCUT2D eigenvalue weighted by Crippen LogP contribution is -2.33. The molecule has 5 heteroatoms. The van der Waals surface area contributed by atoms with E-state index in [1.807, 2.05) is 5.38 Å². The predicted octanol–water partition coefficient (Wildman–Crippen LogP) is 5.24. The summed E-state index contributed by atoms with van der Waals surface area (Å²) in [5.41, 5.74) is 5.85. The normalized spacial score (nSPS) is 27.8. The van der Waals surface area contributed by atoms with Gasteiger partial charge < -0.3 is 0 Å². The van der Waals surface area contributed by atoms with Crippen LogP contribution in [0, 0.1) is 23.7 Å². The van der Waals surface area contributed by atoms with Crippen molar-refractivity contribution >= 4 is 28.3 Å². The maximum Gasteiger partial charge on any atom is 0.240 e.